The van der Waals surface area contributed by atoms with Gasteiger partial charge in [0.15, 0.2) is 0 Å². The lowest BCUT2D eigenvalue weighted by Crippen LogP contribution is -2.30. The highest BCUT2D eigenvalue weighted by Crippen LogP contribution is 2.15. The Morgan fingerprint density at radius 1 is 1.00 bits per heavy atom. The van der Waals surface area contributed by atoms with Gasteiger partial charge in [0.2, 0.25) is 15.9 Å². The minimum absolute atomic E-state index is 0.102. The summed E-state index contributed by atoms with van der Waals surface area (Å²) in [5.74, 6) is -0.102. The van der Waals surface area contributed by atoms with Crippen LogP contribution < -0.4 is 10.0 Å². The van der Waals surface area contributed by atoms with Crippen molar-refractivity contribution in [3.05, 3.63) is 60.2 Å². The third-order valence-electron chi connectivity index (χ3n) is 3.32. The first-order valence-electron chi connectivity index (χ1n) is 7.83. The van der Waals surface area contributed by atoms with Gasteiger partial charge in [-0.2, -0.15) is 0 Å². The molecule has 2 N–H and O–H groups in total. The fourth-order valence-corrected chi connectivity index (χ4v) is 3.47. The maximum atomic E-state index is 12.0. The summed E-state index contributed by atoms with van der Waals surface area (Å²) >= 11 is 0. The first-order chi connectivity index (χ1) is 11.4. The highest BCUT2D eigenvalue weighted by Gasteiger charge is 2.15. The quantitative estimate of drug-likeness (QED) is 0.809. The standard InChI is InChI=1S/C18H22N2O3S/c1-14(2)20-24(22,23)17-11-9-16(10-12-17)19-18(21)13-8-15-6-4-3-5-7-15/h3-7,9-12,14,20H,8,13H2,1-2H3,(H,19,21). The van der Waals surface area contributed by atoms with E-state index in [1.165, 1.54) is 12.1 Å². The van der Waals surface area contributed by atoms with Crippen LogP contribution in [0.2, 0.25) is 0 Å². The Hall–Kier alpha value is -2.18. The summed E-state index contributed by atoms with van der Waals surface area (Å²) in [5, 5.41) is 2.78. The SMILES string of the molecule is CC(C)NS(=O)(=O)c1ccc(NC(=O)CCc2ccccc2)cc1. The molecule has 0 aliphatic rings. The maximum absolute atomic E-state index is 12.0. The van der Waals surface area contributed by atoms with Crippen LogP contribution in [0.1, 0.15) is 25.8 Å². The predicted molar refractivity (Wildman–Crippen MR) is 95.3 cm³/mol. The summed E-state index contributed by atoms with van der Waals surface area (Å²) in [6.07, 6.45) is 1.04. The zero-order chi connectivity index (χ0) is 17.6. The van der Waals surface area contributed by atoms with E-state index in [0.717, 1.165) is 5.56 Å². The van der Waals surface area contributed by atoms with Crippen LogP contribution in [0.5, 0.6) is 0 Å². The second-order valence-corrected chi connectivity index (χ2v) is 7.55. The van der Waals surface area contributed by atoms with Crippen LogP contribution >= 0.6 is 0 Å². The van der Waals surface area contributed by atoms with Crippen LogP contribution in [0.3, 0.4) is 0 Å². The Labute approximate surface area is 143 Å². The molecular weight excluding hydrogens is 324 g/mol. The normalized spacial score (nSPS) is 11.5. The Balaban J connectivity index is 1.92. The van der Waals surface area contributed by atoms with Gasteiger partial charge in [-0.1, -0.05) is 30.3 Å². The summed E-state index contributed by atoms with van der Waals surface area (Å²) in [6, 6.07) is 15.8. The fraction of sp³-hybridized carbons (Fsp3) is 0.278. The molecule has 0 saturated carbocycles. The van der Waals surface area contributed by atoms with E-state index in [2.05, 4.69) is 10.0 Å². The van der Waals surface area contributed by atoms with Gasteiger partial charge in [0.25, 0.3) is 0 Å². The monoisotopic (exact) mass is 346 g/mol. The second kappa shape index (κ2) is 8.08. The molecule has 0 aliphatic carbocycles. The number of nitrogens with one attached hydrogen (secondary N) is 2. The molecule has 0 fully saturated rings. The third-order valence-corrected chi connectivity index (χ3v) is 5.00. The number of hydrogen-bond donors (Lipinski definition) is 2. The molecule has 0 spiro atoms. The molecule has 6 heteroatoms. The number of benzene rings is 2. The van der Waals surface area contributed by atoms with Gasteiger partial charge in [-0.15, -0.1) is 0 Å². The topological polar surface area (TPSA) is 75.3 Å². The zero-order valence-corrected chi connectivity index (χ0v) is 14.6. The number of rotatable bonds is 7. The molecular formula is C18H22N2O3S. The molecule has 0 aromatic heterocycles. The van der Waals surface area contributed by atoms with Crippen LogP contribution in [-0.2, 0) is 21.2 Å². The van der Waals surface area contributed by atoms with E-state index in [1.807, 2.05) is 30.3 Å². The zero-order valence-electron chi connectivity index (χ0n) is 13.8. The van der Waals surface area contributed by atoms with Gasteiger partial charge in [0, 0.05) is 18.2 Å². The number of sulfonamides is 1. The maximum Gasteiger partial charge on any atom is 0.240 e. The molecule has 2 aromatic carbocycles. The van der Waals surface area contributed by atoms with Crippen LogP contribution in [0.4, 0.5) is 5.69 Å². The first kappa shape index (κ1) is 18.2. The van der Waals surface area contributed by atoms with Crippen LogP contribution in [0.15, 0.2) is 59.5 Å². The molecule has 0 aliphatic heterocycles. The Kier molecular flexibility index (Phi) is 6.11. The Bertz CT molecular complexity index is 770. The van der Waals surface area contributed by atoms with E-state index in [-0.39, 0.29) is 16.8 Å². The fourth-order valence-electron chi connectivity index (χ4n) is 2.22. The molecule has 5 nitrogen and oxygen atoms in total. The van der Waals surface area contributed by atoms with E-state index < -0.39 is 10.0 Å². The van der Waals surface area contributed by atoms with Crippen molar-refractivity contribution in [1.82, 2.24) is 4.72 Å². The lowest BCUT2D eigenvalue weighted by Gasteiger charge is -2.10. The number of hydrogen-bond acceptors (Lipinski definition) is 3. The van der Waals surface area contributed by atoms with Crippen molar-refractivity contribution in [2.75, 3.05) is 5.32 Å². The third kappa shape index (κ3) is 5.47. The number of carbonyl (C=O) groups is 1. The summed E-state index contributed by atoms with van der Waals surface area (Å²) in [6.45, 7) is 3.53. The van der Waals surface area contributed by atoms with Gasteiger partial charge in [-0.3, -0.25) is 4.79 Å². The van der Waals surface area contributed by atoms with Gasteiger partial charge in [-0.25, -0.2) is 13.1 Å². The first-order valence-corrected chi connectivity index (χ1v) is 9.31. The number of anilines is 1. The summed E-state index contributed by atoms with van der Waals surface area (Å²) in [4.78, 5) is 12.2. The van der Waals surface area contributed by atoms with Crippen molar-refractivity contribution in [3.63, 3.8) is 0 Å². The number of amides is 1. The smallest absolute Gasteiger partial charge is 0.240 e. The van der Waals surface area contributed by atoms with E-state index in [9.17, 15) is 13.2 Å². The van der Waals surface area contributed by atoms with Gasteiger partial charge >= 0.3 is 0 Å². The molecule has 1 amide bonds. The minimum Gasteiger partial charge on any atom is -0.326 e. The highest BCUT2D eigenvalue weighted by atomic mass is 32.2. The van der Waals surface area contributed by atoms with Crippen molar-refractivity contribution >= 4 is 21.6 Å². The van der Waals surface area contributed by atoms with Gasteiger partial charge in [0.05, 0.1) is 4.90 Å². The molecule has 2 aromatic rings. The molecule has 0 saturated heterocycles. The summed E-state index contributed by atoms with van der Waals surface area (Å²) in [5.41, 5.74) is 1.69. The lowest BCUT2D eigenvalue weighted by atomic mass is 10.1. The van der Waals surface area contributed by atoms with E-state index in [1.54, 1.807) is 26.0 Å². The summed E-state index contributed by atoms with van der Waals surface area (Å²) in [7, 11) is -3.51. The largest absolute Gasteiger partial charge is 0.326 e. The minimum atomic E-state index is -3.51. The van der Waals surface area contributed by atoms with Crippen molar-refractivity contribution in [2.45, 2.75) is 37.6 Å². The highest BCUT2D eigenvalue weighted by molar-refractivity contribution is 7.89. The van der Waals surface area contributed by atoms with Crippen LogP contribution in [0.25, 0.3) is 0 Å². The number of aryl methyl sites for hydroxylation is 1. The van der Waals surface area contributed by atoms with Crippen molar-refractivity contribution in [2.24, 2.45) is 0 Å². The lowest BCUT2D eigenvalue weighted by molar-refractivity contribution is -0.116. The Morgan fingerprint density at radius 2 is 1.62 bits per heavy atom. The average molecular weight is 346 g/mol. The molecule has 0 radical (unpaired) electrons. The molecule has 0 heterocycles. The predicted octanol–water partition coefficient (Wildman–Crippen LogP) is 2.94. The second-order valence-electron chi connectivity index (χ2n) is 5.83. The van der Waals surface area contributed by atoms with E-state index in [0.29, 0.717) is 18.5 Å². The Morgan fingerprint density at radius 3 is 2.21 bits per heavy atom. The van der Waals surface area contributed by atoms with Crippen molar-refractivity contribution in [1.29, 1.82) is 0 Å². The molecule has 0 unspecified atom stereocenters. The van der Waals surface area contributed by atoms with E-state index >= 15 is 0 Å². The molecule has 0 atom stereocenters. The number of carbonyl (C=O) groups excluding carboxylic acids is 1. The van der Waals surface area contributed by atoms with Crippen molar-refractivity contribution in [3.8, 4) is 0 Å². The molecule has 0 bridgehead atoms. The van der Waals surface area contributed by atoms with Crippen molar-refractivity contribution < 1.29 is 13.2 Å². The average Bonchev–Trinajstić information content (AvgIpc) is 2.53. The molecule has 128 valence electrons. The van der Waals surface area contributed by atoms with Gasteiger partial charge in [0.1, 0.15) is 0 Å². The summed E-state index contributed by atoms with van der Waals surface area (Å²) < 4.78 is 26.6. The van der Waals surface area contributed by atoms with E-state index in [4.69, 9.17) is 0 Å². The van der Waals surface area contributed by atoms with Gasteiger partial charge < -0.3 is 5.32 Å². The van der Waals surface area contributed by atoms with Gasteiger partial charge in [-0.05, 0) is 50.1 Å². The molecule has 24 heavy (non-hydrogen) atoms. The van der Waals surface area contributed by atoms with Crippen LogP contribution in [-0.4, -0.2) is 20.4 Å². The molecule has 2 rings (SSSR count). The van der Waals surface area contributed by atoms with Crippen LogP contribution in [0, 0.1) is 0 Å².